The lowest BCUT2D eigenvalue weighted by atomic mass is 9.93. The van der Waals surface area contributed by atoms with Crippen LogP contribution >= 0.6 is 11.3 Å². The maximum absolute atomic E-state index is 12.5. The SMILES string of the molecule is Cc1nn(C2CCC2)cc1NC(=O)c1ccc(-c2ccncc2)s1. The van der Waals surface area contributed by atoms with Crippen LogP contribution in [0.3, 0.4) is 0 Å². The van der Waals surface area contributed by atoms with Crippen LogP contribution < -0.4 is 5.32 Å². The van der Waals surface area contributed by atoms with E-state index in [2.05, 4.69) is 15.4 Å². The number of hydrogen-bond acceptors (Lipinski definition) is 4. The molecule has 0 aromatic carbocycles. The number of carbonyl (C=O) groups excluding carboxylic acids is 1. The first-order chi connectivity index (χ1) is 11.7. The van der Waals surface area contributed by atoms with Gasteiger partial charge in [-0.2, -0.15) is 5.10 Å². The summed E-state index contributed by atoms with van der Waals surface area (Å²) in [6, 6.07) is 8.22. The quantitative estimate of drug-likeness (QED) is 0.772. The van der Waals surface area contributed by atoms with Crippen molar-refractivity contribution in [3.63, 3.8) is 0 Å². The number of rotatable bonds is 4. The van der Waals surface area contributed by atoms with Crippen LogP contribution in [0.4, 0.5) is 5.69 Å². The lowest BCUT2D eigenvalue weighted by Crippen LogP contribution is -2.17. The van der Waals surface area contributed by atoms with Crippen LogP contribution in [-0.2, 0) is 0 Å². The molecule has 1 fully saturated rings. The number of thiophene rings is 1. The molecule has 0 saturated heterocycles. The molecule has 0 unspecified atom stereocenters. The van der Waals surface area contributed by atoms with Gasteiger partial charge in [0.25, 0.3) is 5.91 Å². The minimum absolute atomic E-state index is 0.0865. The average molecular weight is 338 g/mol. The standard InChI is InChI=1S/C18H18N4OS/c1-12-15(11-22(21-12)14-3-2-4-14)20-18(23)17-6-5-16(24-17)13-7-9-19-10-8-13/h5-11,14H,2-4H2,1H3,(H,20,23). The fourth-order valence-corrected chi connectivity index (χ4v) is 3.66. The molecule has 1 aliphatic carbocycles. The van der Waals surface area contributed by atoms with E-state index in [0.717, 1.165) is 21.8 Å². The zero-order chi connectivity index (χ0) is 16.5. The van der Waals surface area contributed by atoms with E-state index < -0.39 is 0 Å². The first-order valence-corrected chi connectivity index (χ1v) is 8.90. The van der Waals surface area contributed by atoms with Crippen LogP contribution in [-0.4, -0.2) is 20.7 Å². The summed E-state index contributed by atoms with van der Waals surface area (Å²) >= 11 is 1.48. The van der Waals surface area contributed by atoms with Crippen molar-refractivity contribution >= 4 is 22.9 Å². The summed E-state index contributed by atoms with van der Waals surface area (Å²) in [6.07, 6.45) is 9.08. The van der Waals surface area contributed by atoms with Crippen LogP contribution in [0.25, 0.3) is 10.4 Å². The van der Waals surface area contributed by atoms with Crippen molar-refractivity contribution in [1.29, 1.82) is 0 Å². The van der Waals surface area contributed by atoms with Gasteiger partial charge in [0.2, 0.25) is 0 Å². The van der Waals surface area contributed by atoms with Gasteiger partial charge in [-0.3, -0.25) is 14.5 Å². The molecule has 1 amide bonds. The first kappa shape index (κ1) is 15.1. The molecule has 0 spiro atoms. The summed E-state index contributed by atoms with van der Waals surface area (Å²) in [5, 5.41) is 7.52. The third kappa shape index (κ3) is 2.85. The topological polar surface area (TPSA) is 59.8 Å². The van der Waals surface area contributed by atoms with E-state index in [-0.39, 0.29) is 5.91 Å². The van der Waals surface area contributed by atoms with Gasteiger partial charge in [-0.1, -0.05) is 0 Å². The molecule has 4 rings (SSSR count). The maximum atomic E-state index is 12.5. The van der Waals surface area contributed by atoms with E-state index in [0.29, 0.717) is 10.9 Å². The first-order valence-electron chi connectivity index (χ1n) is 8.08. The molecule has 3 aromatic heterocycles. The largest absolute Gasteiger partial charge is 0.318 e. The Labute approximate surface area is 144 Å². The molecule has 0 radical (unpaired) electrons. The van der Waals surface area contributed by atoms with Crippen molar-refractivity contribution in [3.8, 4) is 10.4 Å². The number of nitrogens with one attached hydrogen (secondary N) is 1. The molecule has 1 aliphatic rings. The highest BCUT2D eigenvalue weighted by atomic mass is 32.1. The smallest absolute Gasteiger partial charge is 0.265 e. The van der Waals surface area contributed by atoms with Crippen molar-refractivity contribution in [2.24, 2.45) is 0 Å². The summed E-state index contributed by atoms with van der Waals surface area (Å²) in [7, 11) is 0. The van der Waals surface area contributed by atoms with Crippen molar-refractivity contribution in [2.45, 2.75) is 32.2 Å². The van der Waals surface area contributed by atoms with E-state index in [4.69, 9.17) is 0 Å². The fourth-order valence-electron chi connectivity index (χ4n) is 2.76. The zero-order valence-corrected chi connectivity index (χ0v) is 14.2. The Morgan fingerprint density at radius 3 is 2.75 bits per heavy atom. The lowest BCUT2D eigenvalue weighted by molar-refractivity contribution is 0.103. The van der Waals surface area contributed by atoms with E-state index in [1.165, 1.54) is 30.6 Å². The van der Waals surface area contributed by atoms with E-state index in [1.54, 1.807) is 12.4 Å². The predicted octanol–water partition coefficient (Wildman–Crippen LogP) is 4.29. The van der Waals surface area contributed by atoms with Crippen LogP contribution in [0.15, 0.2) is 42.9 Å². The minimum Gasteiger partial charge on any atom is -0.318 e. The molecule has 1 saturated carbocycles. The highest BCUT2D eigenvalue weighted by molar-refractivity contribution is 7.17. The summed E-state index contributed by atoms with van der Waals surface area (Å²) in [5.74, 6) is -0.0865. The normalized spacial score (nSPS) is 14.4. The summed E-state index contributed by atoms with van der Waals surface area (Å²) in [5.41, 5.74) is 2.73. The number of anilines is 1. The molecule has 1 N–H and O–H groups in total. The highest BCUT2D eigenvalue weighted by Gasteiger charge is 2.22. The Hall–Kier alpha value is -2.47. The van der Waals surface area contributed by atoms with Gasteiger partial charge in [0.1, 0.15) is 0 Å². The predicted molar refractivity (Wildman–Crippen MR) is 95.4 cm³/mol. The third-order valence-electron chi connectivity index (χ3n) is 4.41. The van der Waals surface area contributed by atoms with Gasteiger partial charge < -0.3 is 5.32 Å². The number of hydrogen-bond donors (Lipinski definition) is 1. The number of carbonyl (C=O) groups is 1. The number of aromatic nitrogens is 3. The molecule has 5 nitrogen and oxygen atoms in total. The van der Waals surface area contributed by atoms with Gasteiger partial charge in [-0.15, -0.1) is 11.3 Å². The Kier molecular flexibility index (Phi) is 3.90. The van der Waals surface area contributed by atoms with Gasteiger partial charge in [0.05, 0.1) is 22.3 Å². The second-order valence-corrected chi connectivity index (χ2v) is 7.13. The lowest BCUT2D eigenvalue weighted by Gasteiger charge is -2.25. The Morgan fingerprint density at radius 2 is 2.04 bits per heavy atom. The van der Waals surface area contributed by atoms with Crippen LogP contribution in [0, 0.1) is 6.92 Å². The van der Waals surface area contributed by atoms with E-state index >= 15 is 0 Å². The number of amides is 1. The van der Waals surface area contributed by atoms with Crippen LogP contribution in [0.5, 0.6) is 0 Å². The maximum Gasteiger partial charge on any atom is 0.265 e. The minimum atomic E-state index is -0.0865. The summed E-state index contributed by atoms with van der Waals surface area (Å²) in [4.78, 5) is 18.3. The van der Waals surface area contributed by atoms with Crippen molar-refractivity contribution in [2.75, 3.05) is 5.32 Å². The Morgan fingerprint density at radius 1 is 1.25 bits per heavy atom. The van der Waals surface area contributed by atoms with Gasteiger partial charge in [-0.25, -0.2) is 0 Å². The summed E-state index contributed by atoms with van der Waals surface area (Å²) in [6.45, 7) is 1.93. The van der Waals surface area contributed by atoms with E-state index in [1.807, 2.05) is 42.1 Å². The Bertz CT molecular complexity index is 864. The number of nitrogens with zero attached hydrogens (tertiary/aromatic N) is 3. The molecule has 24 heavy (non-hydrogen) atoms. The molecular formula is C18H18N4OS. The summed E-state index contributed by atoms with van der Waals surface area (Å²) < 4.78 is 1.99. The van der Waals surface area contributed by atoms with E-state index in [9.17, 15) is 4.79 Å². The molecule has 6 heteroatoms. The number of pyridine rings is 1. The van der Waals surface area contributed by atoms with Gasteiger partial charge in [-0.05, 0) is 56.0 Å². The monoisotopic (exact) mass is 338 g/mol. The molecule has 0 aliphatic heterocycles. The van der Waals surface area contributed by atoms with Gasteiger partial charge in [0.15, 0.2) is 0 Å². The van der Waals surface area contributed by atoms with Gasteiger partial charge >= 0.3 is 0 Å². The highest BCUT2D eigenvalue weighted by Crippen LogP contribution is 2.33. The van der Waals surface area contributed by atoms with Gasteiger partial charge in [0, 0.05) is 23.5 Å². The van der Waals surface area contributed by atoms with Crippen molar-refractivity contribution in [3.05, 3.63) is 53.4 Å². The molecule has 0 atom stereocenters. The zero-order valence-electron chi connectivity index (χ0n) is 13.4. The van der Waals surface area contributed by atoms with Crippen molar-refractivity contribution < 1.29 is 4.79 Å². The van der Waals surface area contributed by atoms with Crippen LogP contribution in [0.1, 0.15) is 40.7 Å². The Balaban J connectivity index is 1.50. The molecule has 0 bridgehead atoms. The molecule has 3 heterocycles. The molecular weight excluding hydrogens is 320 g/mol. The fraction of sp³-hybridized carbons (Fsp3) is 0.278. The second-order valence-electron chi connectivity index (χ2n) is 6.05. The average Bonchev–Trinajstić information content (AvgIpc) is 3.15. The molecule has 122 valence electrons. The third-order valence-corrected chi connectivity index (χ3v) is 5.54. The van der Waals surface area contributed by atoms with Crippen molar-refractivity contribution in [1.82, 2.24) is 14.8 Å². The van der Waals surface area contributed by atoms with Crippen LogP contribution in [0.2, 0.25) is 0 Å². The second kappa shape index (κ2) is 6.20. The molecule has 3 aromatic rings. The number of aryl methyl sites for hydroxylation is 1.